The van der Waals surface area contributed by atoms with Gasteiger partial charge < -0.3 is 9.88 Å². The number of nitrogens with zero attached hydrogens (tertiary/aromatic N) is 2. The topological polar surface area (TPSA) is 29.9 Å². The molecule has 0 unspecified atom stereocenters. The predicted octanol–water partition coefficient (Wildman–Crippen LogP) is 2.03. The van der Waals surface area contributed by atoms with Gasteiger partial charge in [0.2, 0.25) is 0 Å². The molecule has 1 atom stereocenters. The van der Waals surface area contributed by atoms with Crippen molar-refractivity contribution in [2.24, 2.45) is 5.92 Å². The maximum Gasteiger partial charge on any atom is 0.126 e. The van der Waals surface area contributed by atoms with Crippen molar-refractivity contribution in [1.29, 1.82) is 0 Å². The van der Waals surface area contributed by atoms with Crippen LogP contribution >= 0.6 is 0 Å². The number of imidazole rings is 1. The van der Waals surface area contributed by atoms with E-state index in [0.717, 1.165) is 24.7 Å². The summed E-state index contributed by atoms with van der Waals surface area (Å²) in [5, 5.41) is 3.64. The van der Waals surface area contributed by atoms with E-state index >= 15 is 0 Å². The van der Waals surface area contributed by atoms with Crippen LogP contribution in [0.2, 0.25) is 0 Å². The summed E-state index contributed by atoms with van der Waals surface area (Å²) in [6.07, 6.45) is 7.57. The summed E-state index contributed by atoms with van der Waals surface area (Å²) in [6.45, 7) is 4.36. The number of aryl methyl sites for hydroxylation is 2. The van der Waals surface area contributed by atoms with Crippen molar-refractivity contribution in [3.63, 3.8) is 0 Å². The van der Waals surface area contributed by atoms with Crippen LogP contribution in [-0.2, 0) is 6.54 Å². The van der Waals surface area contributed by atoms with Crippen LogP contribution < -0.4 is 5.32 Å². The van der Waals surface area contributed by atoms with Crippen molar-refractivity contribution < 1.29 is 0 Å². The van der Waals surface area contributed by atoms with E-state index < -0.39 is 0 Å². The van der Waals surface area contributed by atoms with Gasteiger partial charge in [-0.15, -0.1) is 0 Å². The highest BCUT2D eigenvalue weighted by atomic mass is 15.1. The molecule has 1 fully saturated rings. The zero-order chi connectivity index (χ0) is 10.3. The van der Waals surface area contributed by atoms with Gasteiger partial charge in [-0.2, -0.15) is 0 Å². The third kappa shape index (κ3) is 1.93. The van der Waals surface area contributed by atoms with E-state index in [4.69, 9.17) is 0 Å². The van der Waals surface area contributed by atoms with E-state index in [1.807, 2.05) is 0 Å². The molecule has 3 rings (SSSR count). The van der Waals surface area contributed by atoms with Gasteiger partial charge in [0.1, 0.15) is 5.82 Å². The molecule has 0 radical (unpaired) electrons. The molecule has 1 aromatic rings. The standard InChI is InChI=1S/C12H19N3/c1-9-8-15-6-2-5-13-11(12(15)14-9)7-10-3-4-10/h8,10-11,13H,2-7H2,1H3/t11-/m0/s1. The fourth-order valence-corrected chi connectivity index (χ4v) is 2.52. The van der Waals surface area contributed by atoms with Gasteiger partial charge in [0.05, 0.1) is 11.7 Å². The number of rotatable bonds is 2. The normalized spacial score (nSPS) is 26.1. The fraction of sp³-hybridized carbons (Fsp3) is 0.750. The summed E-state index contributed by atoms with van der Waals surface area (Å²) in [5.41, 5.74) is 1.16. The van der Waals surface area contributed by atoms with Gasteiger partial charge in [-0.1, -0.05) is 12.8 Å². The van der Waals surface area contributed by atoms with Crippen LogP contribution in [0.4, 0.5) is 0 Å². The number of hydrogen-bond donors (Lipinski definition) is 1. The molecule has 3 nitrogen and oxygen atoms in total. The van der Waals surface area contributed by atoms with Crippen LogP contribution in [-0.4, -0.2) is 16.1 Å². The molecule has 0 aromatic carbocycles. The summed E-state index contributed by atoms with van der Waals surface area (Å²) in [7, 11) is 0. The van der Waals surface area contributed by atoms with Crippen molar-refractivity contribution >= 4 is 0 Å². The Bertz CT molecular complexity index is 352. The molecule has 1 saturated carbocycles. The Kier molecular flexibility index (Phi) is 2.28. The molecule has 1 aromatic heterocycles. The van der Waals surface area contributed by atoms with E-state index in [2.05, 4.69) is 28.0 Å². The Hall–Kier alpha value is -0.830. The zero-order valence-electron chi connectivity index (χ0n) is 9.37. The predicted molar refractivity (Wildman–Crippen MR) is 59.7 cm³/mol. The molecule has 82 valence electrons. The summed E-state index contributed by atoms with van der Waals surface area (Å²) < 4.78 is 2.35. The molecule has 2 aliphatic rings. The second-order valence-corrected chi connectivity index (χ2v) is 4.97. The molecule has 15 heavy (non-hydrogen) atoms. The summed E-state index contributed by atoms with van der Waals surface area (Å²) in [4.78, 5) is 4.67. The molecule has 1 aliphatic heterocycles. The molecule has 1 N–H and O–H groups in total. The lowest BCUT2D eigenvalue weighted by Crippen LogP contribution is -2.22. The summed E-state index contributed by atoms with van der Waals surface area (Å²) >= 11 is 0. The molecule has 0 amide bonds. The lowest BCUT2D eigenvalue weighted by molar-refractivity contribution is 0.468. The molecule has 1 aliphatic carbocycles. The summed E-state index contributed by atoms with van der Waals surface area (Å²) in [6, 6.07) is 0.508. The van der Waals surface area contributed by atoms with Gasteiger partial charge in [-0.3, -0.25) is 0 Å². The second-order valence-electron chi connectivity index (χ2n) is 4.97. The molecule has 2 heterocycles. The van der Waals surface area contributed by atoms with Crippen molar-refractivity contribution in [1.82, 2.24) is 14.9 Å². The van der Waals surface area contributed by atoms with Crippen LogP contribution in [0.15, 0.2) is 6.20 Å². The minimum atomic E-state index is 0.508. The molecule has 0 spiro atoms. The van der Waals surface area contributed by atoms with E-state index in [1.165, 1.54) is 31.5 Å². The number of nitrogens with one attached hydrogen (secondary N) is 1. The third-order valence-electron chi connectivity index (χ3n) is 3.47. The lowest BCUT2D eigenvalue weighted by atomic mass is 10.1. The maximum atomic E-state index is 4.67. The number of hydrogen-bond acceptors (Lipinski definition) is 2. The Balaban J connectivity index is 1.86. The van der Waals surface area contributed by atoms with Crippen LogP contribution in [0.25, 0.3) is 0 Å². The highest BCUT2D eigenvalue weighted by Gasteiger charge is 2.29. The second kappa shape index (κ2) is 3.63. The maximum absolute atomic E-state index is 4.67. The first-order valence-electron chi connectivity index (χ1n) is 6.10. The van der Waals surface area contributed by atoms with Gasteiger partial charge in [0, 0.05) is 12.7 Å². The van der Waals surface area contributed by atoms with Crippen LogP contribution in [0.5, 0.6) is 0 Å². The minimum Gasteiger partial charge on any atom is -0.333 e. The van der Waals surface area contributed by atoms with E-state index in [9.17, 15) is 0 Å². The largest absolute Gasteiger partial charge is 0.333 e. The molecular weight excluding hydrogens is 186 g/mol. The third-order valence-corrected chi connectivity index (χ3v) is 3.47. The van der Waals surface area contributed by atoms with Gasteiger partial charge in [0.25, 0.3) is 0 Å². The Morgan fingerprint density at radius 2 is 2.40 bits per heavy atom. The van der Waals surface area contributed by atoms with Gasteiger partial charge >= 0.3 is 0 Å². The van der Waals surface area contributed by atoms with Gasteiger partial charge in [0.15, 0.2) is 0 Å². The smallest absolute Gasteiger partial charge is 0.126 e. The fourth-order valence-electron chi connectivity index (χ4n) is 2.52. The lowest BCUT2D eigenvalue weighted by Gasteiger charge is -2.15. The summed E-state index contributed by atoms with van der Waals surface area (Å²) in [5.74, 6) is 2.24. The highest BCUT2D eigenvalue weighted by Crippen LogP contribution is 2.37. The van der Waals surface area contributed by atoms with Crippen molar-refractivity contribution in [2.75, 3.05) is 6.54 Å². The number of aromatic nitrogens is 2. The van der Waals surface area contributed by atoms with E-state index in [-0.39, 0.29) is 0 Å². The van der Waals surface area contributed by atoms with Crippen molar-refractivity contribution in [3.05, 3.63) is 17.7 Å². The molecule has 0 saturated heterocycles. The average molecular weight is 205 g/mol. The van der Waals surface area contributed by atoms with Crippen LogP contribution in [0.3, 0.4) is 0 Å². The monoisotopic (exact) mass is 205 g/mol. The SMILES string of the molecule is Cc1cn2c(n1)[C@H](CC1CC1)NCCC2. The molecule has 3 heteroatoms. The molecule has 0 bridgehead atoms. The van der Waals surface area contributed by atoms with Crippen molar-refractivity contribution in [2.45, 2.75) is 45.2 Å². The zero-order valence-corrected chi connectivity index (χ0v) is 9.37. The van der Waals surface area contributed by atoms with Gasteiger partial charge in [-0.05, 0) is 32.2 Å². The number of fused-ring (bicyclic) bond motifs is 1. The van der Waals surface area contributed by atoms with Gasteiger partial charge in [-0.25, -0.2) is 4.98 Å². The Morgan fingerprint density at radius 1 is 1.53 bits per heavy atom. The first-order valence-corrected chi connectivity index (χ1v) is 6.10. The average Bonchev–Trinajstić information content (AvgIpc) is 2.97. The first kappa shape index (κ1) is 9.40. The van der Waals surface area contributed by atoms with Crippen LogP contribution in [0.1, 0.15) is 43.2 Å². The van der Waals surface area contributed by atoms with E-state index in [0.29, 0.717) is 6.04 Å². The first-order chi connectivity index (χ1) is 7.33. The quantitative estimate of drug-likeness (QED) is 0.800. The van der Waals surface area contributed by atoms with Crippen LogP contribution in [0, 0.1) is 12.8 Å². The minimum absolute atomic E-state index is 0.508. The Labute approximate surface area is 90.9 Å². The molecular formula is C12H19N3. The van der Waals surface area contributed by atoms with Crippen molar-refractivity contribution in [3.8, 4) is 0 Å². The van der Waals surface area contributed by atoms with E-state index in [1.54, 1.807) is 0 Å². The highest BCUT2D eigenvalue weighted by molar-refractivity contribution is 5.08. The Morgan fingerprint density at radius 3 is 3.20 bits per heavy atom.